The SMILES string of the molecule is O=C(Nc1c(F)cccc1F)c1ccc(OCc2ccccc2Cl)cc1. The third kappa shape index (κ3) is 4.18. The molecule has 26 heavy (non-hydrogen) atoms. The standard InChI is InChI=1S/C20H14ClF2NO2/c21-16-5-2-1-4-14(16)12-26-15-10-8-13(9-11-15)20(25)24-19-17(22)6-3-7-18(19)23/h1-11H,12H2,(H,24,25). The number of anilines is 1. The van der Waals surface area contributed by atoms with Crippen LogP contribution in [-0.2, 0) is 6.61 Å². The Morgan fingerprint density at radius 3 is 2.23 bits per heavy atom. The molecule has 1 amide bonds. The lowest BCUT2D eigenvalue weighted by Crippen LogP contribution is -2.14. The number of amides is 1. The summed E-state index contributed by atoms with van der Waals surface area (Å²) in [6, 6.07) is 16.9. The number of carbonyl (C=O) groups is 1. The summed E-state index contributed by atoms with van der Waals surface area (Å²) in [6.07, 6.45) is 0. The van der Waals surface area contributed by atoms with E-state index in [9.17, 15) is 13.6 Å². The second-order valence-electron chi connectivity index (χ2n) is 5.46. The maximum Gasteiger partial charge on any atom is 0.255 e. The molecular formula is C20H14ClF2NO2. The third-order valence-electron chi connectivity index (χ3n) is 3.67. The van der Waals surface area contributed by atoms with E-state index in [1.165, 1.54) is 18.2 Å². The number of halogens is 3. The second-order valence-corrected chi connectivity index (χ2v) is 5.86. The molecule has 0 aliphatic heterocycles. The molecule has 0 saturated heterocycles. The summed E-state index contributed by atoms with van der Waals surface area (Å²) in [7, 11) is 0. The van der Waals surface area contributed by atoms with E-state index in [0.29, 0.717) is 10.8 Å². The highest BCUT2D eigenvalue weighted by molar-refractivity contribution is 6.31. The van der Waals surface area contributed by atoms with E-state index in [1.54, 1.807) is 18.2 Å². The minimum Gasteiger partial charge on any atom is -0.489 e. The van der Waals surface area contributed by atoms with Crippen LogP contribution in [-0.4, -0.2) is 5.91 Å². The van der Waals surface area contributed by atoms with Gasteiger partial charge in [0.25, 0.3) is 5.91 Å². The second kappa shape index (κ2) is 7.97. The average molecular weight is 374 g/mol. The van der Waals surface area contributed by atoms with E-state index < -0.39 is 23.2 Å². The Morgan fingerprint density at radius 1 is 0.923 bits per heavy atom. The van der Waals surface area contributed by atoms with Gasteiger partial charge < -0.3 is 10.1 Å². The van der Waals surface area contributed by atoms with Gasteiger partial charge in [-0.05, 0) is 42.5 Å². The highest BCUT2D eigenvalue weighted by Gasteiger charge is 2.13. The van der Waals surface area contributed by atoms with Gasteiger partial charge in [-0.3, -0.25) is 4.79 Å². The van der Waals surface area contributed by atoms with Gasteiger partial charge in [-0.15, -0.1) is 0 Å². The predicted molar refractivity (Wildman–Crippen MR) is 96.5 cm³/mol. The van der Waals surface area contributed by atoms with E-state index >= 15 is 0 Å². The van der Waals surface area contributed by atoms with Crippen molar-refractivity contribution in [2.75, 3.05) is 5.32 Å². The van der Waals surface area contributed by atoms with Crippen molar-refractivity contribution in [3.63, 3.8) is 0 Å². The smallest absolute Gasteiger partial charge is 0.255 e. The Balaban J connectivity index is 1.65. The Kier molecular flexibility index (Phi) is 5.49. The van der Waals surface area contributed by atoms with Crippen LogP contribution in [0.2, 0.25) is 5.02 Å². The molecule has 0 heterocycles. The lowest BCUT2D eigenvalue weighted by molar-refractivity contribution is 0.102. The zero-order chi connectivity index (χ0) is 18.5. The van der Waals surface area contributed by atoms with Crippen LogP contribution >= 0.6 is 11.6 Å². The molecule has 0 saturated carbocycles. The molecule has 0 bridgehead atoms. The van der Waals surface area contributed by atoms with Crippen molar-refractivity contribution in [3.8, 4) is 5.75 Å². The number of benzene rings is 3. The summed E-state index contributed by atoms with van der Waals surface area (Å²) in [4.78, 5) is 12.2. The molecule has 1 N–H and O–H groups in total. The van der Waals surface area contributed by atoms with Crippen molar-refractivity contribution in [1.29, 1.82) is 0 Å². The Morgan fingerprint density at radius 2 is 1.58 bits per heavy atom. The molecule has 0 radical (unpaired) electrons. The molecule has 3 aromatic rings. The van der Waals surface area contributed by atoms with Gasteiger partial charge in [0.05, 0.1) is 0 Å². The van der Waals surface area contributed by atoms with Crippen LogP contribution < -0.4 is 10.1 Å². The largest absolute Gasteiger partial charge is 0.489 e. The zero-order valence-electron chi connectivity index (χ0n) is 13.5. The lowest BCUT2D eigenvalue weighted by Gasteiger charge is -2.10. The minimum absolute atomic E-state index is 0.248. The van der Waals surface area contributed by atoms with Gasteiger partial charge in [-0.2, -0.15) is 0 Å². The van der Waals surface area contributed by atoms with Crippen molar-refractivity contribution in [1.82, 2.24) is 0 Å². The first-order chi connectivity index (χ1) is 12.5. The monoisotopic (exact) mass is 373 g/mol. The zero-order valence-corrected chi connectivity index (χ0v) is 14.3. The predicted octanol–water partition coefficient (Wildman–Crippen LogP) is 5.45. The van der Waals surface area contributed by atoms with Crippen molar-refractivity contribution in [2.45, 2.75) is 6.61 Å². The summed E-state index contributed by atoms with van der Waals surface area (Å²) in [5.41, 5.74) is 0.611. The number of hydrogen-bond acceptors (Lipinski definition) is 2. The molecule has 0 unspecified atom stereocenters. The average Bonchev–Trinajstić information content (AvgIpc) is 2.64. The lowest BCUT2D eigenvalue weighted by atomic mass is 10.2. The van der Waals surface area contributed by atoms with Crippen LogP contribution in [0.5, 0.6) is 5.75 Å². The van der Waals surface area contributed by atoms with Crippen LogP contribution in [0, 0.1) is 11.6 Å². The highest BCUT2D eigenvalue weighted by Crippen LogP contribution is 2.21. The Bertz CT molecular complexity index is 909. The molecule has 0 aliphatic carbocycles. The van der Waals surface area contributed by atoms with Crippen molar-refractivity contribution < 1.29 is 18.3 Å². The number of carbonyl (C=O) groups excluding carboxylic acids is 1. The van der Waals surface area contributed by atoms with Crippen LogP contribution in [0.4, 0.5) is 14.5 Å². The molecule has 3 aromatic carbocycles. The first-order valence-corrected chi connectivity index (χ1v) is 8.14. The Labute approximate surface area is 154 Å². The van der Waals surface area contributed by atoms with Crippen LogP contribution in [0.1, 0.15) is 15.9 Å². The van der Waals surface area contributed by atoms with Crippen LogP contribution in [0.25, 0.3) is 0 Å². The molecule has 132 valence electrons. The highest BCUT2D eigenvalue weighted by atomic mass is 35.5. The quantitative estimate of drug-likeness (QED) is 0.645. The normalized spacial score (nSPS) is 10.4. The Hall–Kier alpha value is -2.92. The van der Waals surface area contributed by atoms with E-state index in [4.69, 9.17) is 16.3 Å². The number of ether oxygens (including phenoxy) is 1. The first-order valence-electron chi connectivity index (χ1n) is 7.76. The van der Waals surface area contributed by atoms with Crippen molar-refractivity contribution >= 4 is 23.2 Å². The van der Waals surface area contributed by atoms with E-state index in [1.807, 2.05) is 18.2 Å². The fourth-order valence-corrected chi connectivity index (χ4v) is 2.47. The molecule has 0 aromatic heterocycles. The third-order valence-corrected chi connectivity index (χ3v) is 4.04. The van der Waals surface area contributed by atoms with Crippen LogP contribution in [0.3, 0.4) is 0 Å². The molecule has 0 atom stereocenters. The minimum atomic E-state index is -0.835. The topological polar surface area (TPSA) is 38.3 Å². The fourth-order valence-electron chi connectivity index (χ4n) is 2.28. The number of para-hydroxylation sites is 1. The van der Waals surface area contributed by atoms with Gasteiger partial charge in [0.2, 0.25) is 0 Å². The first kappa shape index (κ1) is 17.9. The number of rotatable bonds is 5. The van der Waals surface area contributed by atoms with Gasteiger partial charge in [-0.1, -0.05) is 35.9 Å². The molecule has 0 spiro atoms. The van der Waals surface area contributed by atoms with E-state index in [0.717, 1.165) is 17.7 Å². The number of nitrogens with one attached hydrogen (secondary N) is 1. The summed E-state index contributed by atoms with van der Waals surface area (Å²) in [5.74, 6) is -1.75. The molecule has 0 aliphatic rings. The number of hydrogen-bond donors (Lipinski definition) is 1. The summed E-state index contributed by atoms with van der Waals surface area (Å²) in [6.45, 7) is 0.283. The summed E-state index contributed by atoms with van der Waals surface area (Å²) >= 11 is 6.07. The molecule has 3 nitrogen and oxygen atoms in total. The fraction of sp³-hybridized carbons (Fsp3) is 0.0500. The van der Waals surface area contributed by atoms with Crippen LogP contribution in [0.15, 0.2) is 66.7 Å². The summed E-state index contributed by atoms with van der Waals surface area (Å²) in [5, 5.41) is 2.84. The summed E-state index contributed by atoms with van der Waals surface area (Å²) < 4.78 is 32.8. The molecule has 0 fully saturated rings. The maximum atomic E-state index is 13.6. The van der Waals surface area contributed by atoms with Crippen molar-refractivity contribution in [2.24, 2.45) is 0 Å². The van der Waals surface area contributed by atoms with Gasteiger partial charge in [0.1, 0.15) is 29.7 Å². The van der Waals surface area contributed by atoms with E-state index in [2.05, 4.69) is 5.32 Å². The van der Waals surface area contributed by atoms with E-state index in [-0.39, 0.29) is 12.2 Å². The maximum absolute atomic E-state index is 13.6. The van der Waals surface area contributed by atoms with Crippen molar-refractivity contribution in [3.05, 3.63) is 94.5 Å². The van der Waals surface area contributed by atoms with Gasteiger partial charge in [0.15, 0.2) is 0 Å². The van der Waals surface area contributed by atoms with Gasteiger partial charge >= 0.3 is 0 Å². The van der Waals surface area contributed by atoms with Gasteiger partial charge in [0, 0.05) is 16.1 Å². The molecule has 6 heteroatoms. The molecular weight excluding hydrogens is 360 g/mol. The molecule has 3 rings (SSSR count). The van der Waals surface area contributed by atoms with Gasteiger partial charge in [-0.25, -0.2) is 8.78 Å².